The van der Waals surface area contributed by atoms with Gasteiger partial charge in [0.25, 0.3) is 0 Å². The van der Waals surface area contributed by atoms with Gasteiger partial charge in [-0.3, -0.25) is 0 Å². The van der Waals surface area contributed by atoms with E-state index in [0.717, 1.165) is 22.7 Å². The zero-order valence-electron chi connectivity index (χ0n) is 32.1. The predicted octanol–water partition coefficient (Wildman–Crippen LogP) is 14.6. The van der Waals surface area contributed by atoms with Crippen LogP contribution in [0.5, 0.6) is 0 Å². The van der Waals surface area contributed by atoms with E-state index in [2.05, 4.69) is 229 Å². The van der Waals surface area contributed by atoms with Gasteiger partial charge in [-0.05, 0) is 135 Å². The van der Waals surface area contributed by atoms with E-state index in [0.29, 0.717) is 0 Å². The van der Waals surface area contributed by atoms with Gasteiger partial charge < -0.3 is 9.47 Å². The van der Waals surface area contributed by atoms with Crippen LogP contribution in [0.25, 0.3) is 60.9 Å². The Hall–Kier alpha value is -7.42. The number of anilines is 3. The van der Waals surface area contributed by atoms with Crippen molar-refractivity contribution in [2.75, 3.05) is 4.90 Å². The summed E-state index contributed by atoms with van der Waals surface area (Å²) in [6.07, 6.45) is 0. The molecule has 2 heteroatoms. The van der Waals surface area contributed by atoms with Crippen LogP contribution in [0.3, 0.4) is 0 Å². The van der Waals surface area contributed by atoms with E-state index in [9.17, 15) is 0 Å². The summed E-state index contributed by atoms with van der Waals surface area (Å²) in [5.41, 5.74) is 21.0. The molecule has 58 heavy (non-hydrogen) atoms. The monoisotopic (exact) mass is 738 g/mol. The lowest BCUT2D eigenvalue weighted by Gasteiger charge is -2.30. The molecule has 2 aliphatic carbocycles. The molecule has 9 aromatic carbocycles. The van der Waals surface area contributed by atoms with Crippen LogP contribution in [0.15, 0.2) is 212 Å². The maximum absolute atomic E-state index is 2.47. The van der Waals surface area contributed by atoms with Crippen LogP contribution in [0.2, 0.25) is 0 Å². The van der Waals surface area contributed by atoms with Crippen LogP contribution in [0.1, 0.15) is 27.8 Å². The summed E-state index contributed by atoms with van der Waals surface area (Å²) in [6, 6.07) is 78.5. The highest BCUT2D eigenvalue weighted by molar-refractivity contribution is 6.11. The highest BCUT2D eigenvalue weighted by Crippen LogP contribution is 2.63. The average molecular weight is 739 g/mol. The molecule has 0 fully saturated rings. The van der Waals surface area contributed by atoms with Crippen molar-refractivity contribution in [1.82, 2.24) is 4.57 Å². The summed E-state index contributed by atoms with van der Waals surface area (Å²) >= 11 is 0. The molecule has 12 rings (SSSR count). The smallest absolute Gasteiger partial charge is 0.0725 e. The molecule has 0 saturated heterocycles. The minimum absolute atomic E-state index is 0.361. The van der Waals surface area contributed by atoms with Crippen molar-refractivity contribution in [1.29, 1.82) is 0 Å². The number of fused-ring (bicyclic) bond motifs is 13. The number of nitrogens with zero attached hydrogens (tertiary/aromatic N) is 2. The molecule has 1 spiro atoms. The first-order valence-corrected chi connectivity index (χ1v) is 20.2. The lowest BCUT2D eigenvalue weighted by Crippen LogP contribution is -2.25. The lowest BCUT2D eigenvalue weighted by atomic mass is 9.70. The van der Waals surface area contributed by atoms with Gasteiger partial charge in [0, 0.05) is 33.5 Å². The quantitative estimate of drug-likeness (QED) is 0.171. The molecule has 2 nitrogen and oxygen atoms in total. The summed E-state index contributed by atoms with van der Waals surface area (Å²) in [7, 11) is 0. The van der Waals surface area contributed by atoms with Crippen molar-refractivity contribution >= 4 is 38.9 Å². The van der Waals surface area contributed by atoms with Gasteiger partial charge in [0.2, 0.25) is 0 Å². The molecule has 0 aliphatic heterocycles. The fraction of sp³-hybridized carbons (Fsp3) is 0.0357. The Balaban J connectivity index is 0.994. The van der Waals surface area contributed by atoms with Crippen molar-refractivity contribution in [2.24, 2.45) is 0 Å². The normalized spacial score (nSPS) is 13.1. The van der Waals surface area contributed by atoms with Crippen LogP contribution < -0.4 is 4.90 Å². The van der Waals surface area contributed by atoms with Gasteiger partial charge in [-0.2, -0.15) is 0 Å². The molecule has 1 aromatic heterocycles. The SMILES string of the molecule is Cc1ccc2c(c1)c1cc(N(c3ccccc3)c3ccc(-c4ccc5c(c4)C4(c6ccccc6-c6ccccc64)c4ccccc4-5)cc3)ccc1n2-c1ccccc1. The third-order valence-corrected chi connectivity index (χ3v) is 12.6. The van der Waals surface area contributed by atoms with E-state index in [1.165, 1.54) is 83.0 Å². The van der Waals surface area contributed by atoms with Gasteiger partial charge in [-0.25, -0.2) is 0 Å². The van der Waals surface area contributed by atoms with Crippen LogP contribution in [-0.4, -0.2) is 4.57 Å². The van der Waals surface area contributed by atoms with Crippen LogP contribution in [-0.2, 0) is 5.41 Å². The molecule has 0 amide bonds. The van der Waals surface area contributed by atoms with Crippen LogP contribution in [0.4, 0.5) is 17.1 Å². The Morgan fingerprint density at radius 2 is 0.845 bits per heavy atom. The Kier molecular flexibility index (Phi) is 7.09. The van der Waals surface area contributed by atoms with E-state index in [1.807, 2.05) is 0 Å². The second-order valence-electron chi connectivity index (χ2n) is 15.8. The van der Waals surface area contributed by atoms with E-state index in [-0.39, 0.29) is 5.41 Å². The Morgan fingerprint density at radius 1 is 0.362 bits per heavy atom. The Morgan fingerprint density at radius 3 is 1.48 bits per heavy atom. The zero-order chi connectivity index (χ0) is 38.4. The number of benzene rings is 9. The third-order valence-electron chi connectivity index (χ3n) is 12.6. The number of rotatable bonds is 5. The van der Waals surface area contributed by atoms with Crippen molar-refractivity contribution in [3.05, 3.63) is 240 Å². The van der Waals surface area contributed by atoms with Crippen molar-refractivity contribution in [2.45, 2.75) is 12.3 Å². The van der Waals surface area contributed by atoms with Crippen LogP contribution in [0, 0.1) is 6.92 Å². The van der Waals surface area contributed by atoms with E-state index in [4.69, 9.17) is 0 Å². The molecule has 2 aliphatic rings. The van der Waals surface area contributed by atoms with Gasteiger partial charge in [0.05, 0.1) is 16.4 Å². The Bertz CT molecular complexity index is 3160. The predicted molar refractivity (Wildman–Crippen MR) is 242 cm³/mol. The molecular formula is C56H38N2. The minimum atomic E-state index is -0.361. The first-order valence-electron chi connectivity index (χ1n) is 20.2. The van der Waals surface area contributed by atoms with Crippen molar-refractivity contribution in [3.63, 3.8) is 0 Å². The number of aryl methyl sites for hydroxylation is 1. The first kappa shape index (κ1) is 32.8. The summed E-state index contributed by atoms with van der Waals surface area (Å²) in [5.74, 6) is 0. The molecule has 0 unspecified atom stereocenters. The van der Waals surface area contributed by atoms with Gasteiger partial charge in [-0.1, -0.05) is 145 Å². The molecule has 1 heterocycles. The minimum Gasteiger partial charge on any atom is -0.310 e. The standard InChI is InChI=1S/C56H38N2/c1-37-24-32-54-48(34-37)49-36-43(30-33-55(49)58(54)41-16-6-3-7-17-41)57(40-14-4-2-5-15-40)42-28-25-38(26-29-42)39-27-31-47-46-20-10-13-23-52(46)56(53(47)35-39)50-21-11-8-18-44(50)45-19-9-12-22-51(45)56/h2-36H,1H3. The number of aromatic nitrogens is 1. The highest BCUT2D eigenvalue weighted by atomic mass is 15.1. The second kappa shape index (κ2) is 12.5. The van der Waals surface area contributed by atoms with Crippen LogP contribution >= 0.6 is 0 Å². The molecular weight excluding hydrogens is 701 g/mol. The molecule has 10 aromatic rings. The fourth-order valence-corrected chi connectivity index (χ4v) is 10.2. The summed E-state index contributed by atoms with van der Waals surface area (Å²) in [5, 5.41) is 2.49. The molecule has 0 atom stereocenters. The molecule has 0 saturated carbocycles. The van der Waals surface area contributed by atoms with E-state index in [1.54, 1.807) is 0 Å². The van der Waals surface area contributed by atoms with Gasteiger partial charge in [-0.15, -0.1) is 0 Å². The van der Waals surface area contributed by atoms with Gasteiger partial charge >= 0.3 is 0 Å². The fourth-order valence-electron chi connectivity index (χ4n) is 10.2. The largest absolute Gasteiger partial charge is 0.310 e. The third kappa shape index (κ3) is 4.60. The summed E-state index contributed by atoms with van der Waals surface area (Å²) in [6.45, 7) is 2.18. The van der Waals surface area contributed by atoms with Gasteiger partial charge in [0.15, 0.2) is 0 Å². The zero-order valence-corrected chi connectivity index (χ0v) is 32.1. The first-order chi connectivity index (χ1) is 28.7. The summed E-state index contributed by atoms with van der Waals surface area (Å²) in [4.78, 5) is 2.38. The van der Waals surface area contributed by atoms with E-state index >= 15 is 0 Å². The molecule has 272 valence electrons. The molecule has 0 radical (unpaired) electrons. The lowest BCUT2D eigenvalue weighted by molar-refractivity contribution is 0.794. The number of hydrogen-bond acceptors (Lipinski definition) is 1. The van der Waals surface area contributed by atoms with E-state index < -0.39 is 0 Å². The van der Waals surface area contributed by atoms with Crippen molar-refractivity contribution < 1.29 is 0 Å². The Labute approximate surface area is 338 Å². The molecule has 0 N–H and O–H groups in total. The average Bonchev–Trinajstić information content (AvgIpc) is 3.88. The van der Waals surface area contributed by atoms with Crippen molar-refractivity contribution in [3.8, 4) is 39.1 Å². The van der Waals surface area contributed by atoms with Gasteiger partial charge in [0.1, 0.15) is 0 Å². The second-order valence-corrected chi connectivity index (χ2v) is 15.8. The molecule has 0 bridgehead atoms. The maximum atomic E-state index is 2.47. The number of hydrogen-bond donors (Lipinski definition) is 0. The number of para-hydroxylation sites is 2. The summed E-state index contributed by atoms with van der Waals surface area (Å²) < 4.78 is 2.39. The maximum Gasteiger partial charge on any atom is 0.0725 e. The topological polar surface area (TPSA) is 8.17 Å². The highest BCUT2D eigenvalue weighted by Gasteiger charge is 2.51.